The first-order valence-electron chi connectivity index (χ1n) is 5.12. The molecule has 2 N–H and O–H groups in total. The maximum Gasteiger partial charge on any atom is 0.326 e. The Bertz CT molecular complexity index is 424. The number of amides is 2. The lowest BCUT2D eigenvalue weighted by Crippen LogP contribution is -2.43. The van der Waals surface area contributed by atoms with E-state index in [1.807, 2.05) is 0 Å². The molecule has 1 saturated heterocycles. The second-order valence-electron chi connectivity index (χ2n) is 3.59. The average molecular weight is 237 g/mol. The number of urea groups is 1. The number of rotatable bonds is 2. The molecule has 1 aliphatic heterocycles. The Morgan fingerprint density at radius 1 is 1.47 bits per heavy atom. The molecule has 0 saturated carbocycles. The van der Waals surface area contributed by atoms with E-state index >= 15 is 0 Å². The lowest BCUT2D eigenvalue weighted by Gasteiger charge is -2.20. The van der Waals surface area contributed by atoms with Gasteiger partial charge in [0.2, 0.25) is 0 Å². The van der Waals surface area contributed by atoms with E-state index in [4.69, 9.17) is 5.11 Å². The van der Waals surface area contributed by atoms with Gasteiger partial charge in [-0.25, -0.2) is 14.6 Å². The van der Waals surface area contributed by atoms with Crippen LogP contribution in [0.25, 0.3) is 0 Å². The number of carboxylic acids is 1. The van der Waals surface area contributed by atoms with Gasteiger partial charge in [0.05, 0.1) is 12.4 Å². The molecule has 1 aliphatic rings. The number of hydrogen-bond donors (Lipinski definition) is 2. The fraction of sp³-hybridized carbons (Fsp3) is 0.444. The van der Waals surface area contributed by atoms with Crippen LogP contribution in [-0.4, -0.2) is 49.8 Å². The molecule has 0 aromatic carbocycles. The van der Waals surface area contributed by atoms with Gasteiger partial charge in [-0.2, -0.15) is 5.10 Å². The molecule has 1 fully saturated rings. The highest BCUT2D eigenvalue weighted by atomic mass is 16.4. The van der Waals surface area contributed by atoms with Crippen LogP contribution in [0.3, 0.4) is 0 Å². The molecule has 0 spiro atoms. The van der Waals surface area contributed by atoms with E-state index in [2.05, 4.69) is 20.5 Å². The molecule has 1 unspecified atom stereocenters. The van der Waals surface area contributed by atoms with Crippen LogP contribution in [0.1, 0.15) is 12.8 Å². The second-order valence-corrected chi connectivity index (χ2v) is 3.59. The van der Waals surface area contributed by atoms with Gasteiger partial charge >= 0.3 is 12.0 Å². The van der Waals surface area contributed by atoms with E-state index in [0.717, 1.165) is 0 Å². The highest BCUT2D eigenvalue weighted by Gasteiger charge is 2.34. The van der Waals surface area contributed by atoms with Crippen LogP contribution in [0.5, 0.6) is 0 Å². The zero-order valence-electron chi connectivity index (χ0n) is 8.91. The molecule has 2 amide bonds. The first-order valence-corrected chi connectivity index (χ1v) is 5.12. The predicted molar refractivity (Wildman–Crippen MR) is 56.2 cm³/mol. The third-order valence-electron chi connectivity index (χ3n) is 2.50. The van der Waals surface area contributed by atoms with Crippen molar-refractivity contribution >= 4 is 17.9 Å². The van der Waals surface area contributed by atoms with Crippen LogP contribution in [0, 0.1) is 0 Å². The van der Waals surface area contributed by atoms with Crippen molar-refractivity contribution in [2.45, 2.75) is 18.9 Å². The zero-order chi connectivity index (χ0) is 12.3. The van der Waals surface area contributed by atoms with Crippen molar-refractivity contribution in [2.24, 2.45) is 0 Å². The molecule has 1 atom stereocenters. The van der Waals surface area contributed by atoms with Crippen molar-refractivity contribution in [3.63, 3.8) is 0 Å². The van der Waals surface area contributed by atoms with Gasteiger partial charge in [-0.1, -0.05) is 0 Å². The number of aliphatic carboxylic acids is 1. The quantitative estimate of drug-likeness (QED) is 0.746. The Hall–Kier alpha value is -2.25. The van der Waals surface area contributed by atoms with E-state index in [9.17, 15) is 9.59 Å². The summed E-state index contributed by atoms with van der Waals surface area (Å²) in [7, 11) is 0. The summed E-state index contributed by atoms with van der Waals surface area (Å²) >= 11 is 0. The number of nitrogens with one attached hydrogen (secondary N) is 1. The minimum Gasteiger partial charge on any atom is -0.480 e. The van der Waals surface area contributed by atoms with Gasteiger partial charge in [-0.3, -0.25) is 5.32 Å². The number of carbonyl (C=O) groups excluding carboxylic acids is 1. The molecular formula is C9H11N5O3. The van der Waals surface area contributed by atoms with Crippen molar-refractivity contribution in [1.82, 2.24) is 20.1 Å². The van der Waals surface area contributed by atoms with Crippen molar-refractivity contribution in [1.29, 1.82) is 0 Å². The third kappa shape index (κ3) is 2.47. The van der Waals surface area contributed by atoms with Gasteiger partial charge in [-0.05, 0) is 12.8 Å². The molecule has 0 bridgehead atoms. The molecule has 17 heavy (non-hydrogen) atoms. The number of carbonyl (C=O) groups is 2. The number of likely N-dealkylation sites (tertiary alicyclic amines) is 1. The van der Waals surface area contributed by atoms with Gasteiger partial charge in [0.15, 0.2) is 0 Å². The smallest absolute Gasteiger partial charge is 0.326 e. The summed E-state index contributed by atoms with van der Waals surface area (Å²) < 4.78 is 0. The van der Waals surface area contributed by atoms with Crippen LogP contribution >= 0.6 is 0 Å². The van der Waals surface area contributed by atoms with Crippen LogP contribution in [0.15, 0.2) is 12.4 Å². The topological polar surface area (TPSA) is 108 Å². The molecule has 2 heterocycles. The van der Waals surface area contributed by atoms with Gasteiger partial charge in [-0.15, -0.1) is 5.10 Å². The first kappa shape index (κ1) is 11.2. The van der Waals surface area contributed by atoms with Crippen molar-refractivity contribution in [3.05, 3.63) is 12.4 Å². The predicted octanol–water partition coefficient (Wildman–Crippen LogP) is -0.0475. The van der Waals surface area contributed by atoms with E-state index in [1.165, 1.54) is 17.3 Å². The summed E-state index contributed by atoms with van der Waals surface area (Å²) in [6.07, 6.45) is 3.92. The number of hydrogen-bond acceptors (Lipinski definition) is 5. The summed E-state index contributed by atoms with van der Waals surface area (Å²) in [6.45, 7) is 0.420. The van der Waals surface area contributed by atoms with E-state index in [0.29, 0.717) is 19.4 Å². The molecule has 0 radical (unpaired) electrons. The second kappa shape index (κ2) is 4.73. The van der Waals surface area contributed by atoms with Gasteiger partial charge in [0.1, 0.15) is 6.04 Å². The molecule has 2 rings (SSSR count). The number of aromatic nitrogens is 3. The van der Waals surface area contributed by atoms with Crippen molar-refractivity contribution in [2.75, 3.05) is 11.9 Å². The summed E-state index contributed by atoms with van der Waals surface area (Å²) in [4.78, 5) is 27.7. The summed E-state index contributed by atoms with van der Waals surface area (Å²) in [6, 6.07) is -1.28. The van der Waals surface area contributed by atoms with Crippen molar-refractivity contribution < 1.29 is 14.7 Å². The average Bonchev–Trinajstić information content (AvgIpc) is 2.79. The minimum absolute atomic E-state index is 0.0635. The van der Waals surface area contributed by atoms with Crippen LogP contribution < -0.4 is 5.32 Å². The maximum atomic E-state index is 11.8. The standard InChI is InChI=1S/C9H11N5O3/c15-7(16)6-2-1-5-14(6)9(17)12-8-10-3-4-11-13-8/h3-4,6H,1-2,5H2,(H,15,16)(H,10,12,13,17). The zero-order valence-corrected chi connectivity index (χ0v) is 8.91. The fourth-order valence-electron chi connectivity index (χ4n) is 1.74. The first-order chi connectivity index (χ1) is 8.18. The maximum absolute atomic E-state index is 11.8. The summed E-state index contributed by atoms with van der Waals surface area (Å²) in [5.41, 5.74) is 0. The SMILES string of the molecule is O=C(O)C1CCCN1C(=O)Nc1nccnn1. The summed E-state index contributed by atoms with van der Waals surface area (Å²) in [5, 5.41) is 18.5. The molecular weight excluding hydrogens is 226 g/mol. The Morgan fingerprint density at radius 2 is 2.29 bits per heavy atom. The monoisotopic (exact) mass is 237 g/mol. The van der Waals surface area contributed by atoms with E-state index in [1.54, 1.807) is 0 Å². The Labute approximate surface area is 96.7 Å². The van der Waals surface area contributed by atoms with E-state index in [-0.39, 0.29) is 5.95 Å². The molecule has 1 aromatic heterocycles. The third-order valence-corrected chi connectivity index (χ3v) is 2.50. The van der Waals surface area contributed by atoms with Gasteiger partial charge < -0.3 is 10.0 Å². The minimum atomic E-state index is -0.996. The molecule has 1 aromatic rings. The van der Waals surface area contributed by atoms with Gasteiger partial charge in [0.25, 0.3) is 5.95 Å². The van der Waals surface area contributed by atoms with Crippen LogP contribution in [-0.2, 0) is 4.79 Å². The van der Waals surface area contributed by atoms with E-state index < -0.39 is 18.0 Å². The molecule has 8 heteroatoms. The fourth-order valence-corrected chi connectivity index (χ4v) is 1.74. The highest BCUT2D eigenvalue weighted by molar-refractivity contribution is 5.91. The van der Waals surface area contributed by atoms with Crippen LogP contribution in [0.2, 0.25) is 0 Å². The normalized spacial score (nSPS) is 19.1. The van der Waals surface area contributed by atoms with Crippen LogP contribution in [0.4, 0.5) is 10.7 Å². The van der Waals surface area contributed by atoms with Crippen molar-refractivity contribution in [3.8, 4) is 0 Å². The highest BCUT2D eigenvalue weighted by Crippen LogP contribution is 2.18. The van der Waals surface area contributed by atoms with Gasteiger partial charge in [0, 0.05) is 6.54 Å². The Balaban J connectivity index is 2.03. The number of carboxylic acid groups (broad SMARTS) is 1. The molecule has 90 valence electrons. The lowest BCUT2D eigenvalue weighted by molar-refractivity contribution is -0.141. The largest absolute Gasteiger partial charge is 0.480 e. The summed E-state index contributed by atoms with van der Waals surface area (Å²) in [5.74, 6) is -0.932. The number of anilines is 1. The Kier molecular flexibility index (Phi) is 3.12. The lowest BCUT2D eigenvalue weighted by atomic mass is 10.2. The number of nitrogens with zero attached hydrogens (tertiary/aromatic N) is 4. The molecule has 0 aliphatic carbocycles. The Morgan fingerprint density at radius 3 is 2.94 bits per heavy atom. The molecule has 8 nitrogen and oxygen atoms in total.